The molecule has 0 bridgehead atoms. The molecular weight excluding hydrogens is 457 g/mol. The number of Topliss-reactive ketones (excluding diaryl/α,β-unsaturated/α-hetero) is 2. The molecule has 0 radical (unpaired) electrons. The van der Waals surface area contributed by atoms with Gasteiger partial charge in [0.15, 0.2) is 5.78 Å². The summed E-state index contributed by atoms with van der Waals surface area (Å²) < 4.78 is 13.2. The van der Waals surface area contributed by atoms with Gasteiger partial charge in [0.25, 0.3) is 5.91 Å². The average Bonchev–Trinajstić information content (AvgIpc) is 2.87. The lowest BCUT2D eigenvalue weighted by molar-refractivity contribution is -0.119. The number of hydrogen-bond donors (Lipinski definition) is 1. The number of amides is 1. The summed E-state index contributed by atoms with van der Waals surface area (Å²) >= 11 is 0. The molecule has 0 spiro atoms. The van der Waals surface area contributed by atoms with E-state index in [0.29, 0.717) is 35.8 Å². The lowest BCUT2D eigenvalue weighted by Crippen LogP contribution is -2.15. The van der Waals surface area contributed by atoms with E-state index in [1.165, 1.54) is 25.1 Å². The lowest BCUT2D eigenvalue weighted by Gasteiger charge is -2.13. The van der Waals surface area contributed by atoms with Crippen LogP contribution in [0.2, 0.25) is 0 Å². The van der Waals surface area contributed by atoms with Gasteiger partial charge in [-0.2, -0.15) is 0 Å². The van der Waals surface area contributed by atoms with Gasteiger partial charge >= 0.3 is 0 Å². The summed E-state index contributed by atoms with van der Waals surface area (Å²) in [5, 5.41) is 2.75. The predicted molar refractivity (Wildman–Crippen MR) is 145 cm³/mol. The van der Waals surface area contributed by atoms with Crippen LogP contribution in [0.25, 0.3) is 0 Å². The molecule has 1 amide bonds. The minimum absolute atomic E-state index is 0.0250. The van der Waals surface area contributed by atoms with Crippen LogP contribution in [0.4, 0.5) is 10.1 Å². The van der Waals surface area contributed by atoms with Gasteiger partial charge in [0.2, 0.25) is 0 Å². The number of rotatable bonds is 10. The second-order valence-corrected chi connectivity index (χ2v) is 8.92. The van der Waals surface area contributed by atoms with Crippen molar-refractivity contribution in [2.75, 3.05) is 5.32 Å². The molecule has 0 aliphatic rings. The van der Waals surface area contributed by atoms with Crippen LogP contribution in [0.15, 0.2) is 42.5 Å². The molecule has 1 N–H and O–H groups in total. The Morgan fingerprint density at radius 3 is 2.14 bits per heavy atom. The highest BCUT2D eigenvalue weighted by Crippen LogP contribution is 2.21. The van der Waals surface area contributed by atoms with E-state index in [1.807, 2.05) is 33.8 Å². The maximum Gasteiger partial charge on any atom is 0.255 e. The standard InChI is InChI=1S/C20H22FNO2.C8H16O.C2H4O/c1-4-13(3)19(23)18-10-9-17(12-14(18)5-2)22-20(24)15-7-6-8-16(21)11-15;1-4-8(9)6-5-7(2)3;1-2-3/h6-13H,4-5H2,1-3H3,(H,22,24);7H,4-6H2,1-3H3;2H,1H3. The number of carbonyl (C=O) groups is 4. The van der Waals surface area contributed by atoms with Gasteiger partial charge in [-0.1, -0.05) is 47.6 Å². The summed E-state index contributed by atoms with van der Waals surface area (Å²) in [6, 6.07) is 10.8. The highest BCUT2D eigenvalue weighted by Gasteiger charge is 2.17. The van der Waals surface area contributed by atoms with Crippen molar-refractivity contribution in [3.8, 4) is 0 Å². The van der Waals surface area contributed by atoms with Crippen LogP contribution in [-0.4, -0.2) is 23.8 Å². The normalized spacial score (nSPS) is 10.8. The third-order valence-electron chi connectivity index (χ3n) is 5.55. The predicted octanol–water partition coefficient (Wildman–Crippen LogP) is 7.48. The Labute approximate surface area is 215 Å². The largest absolute Gasteiger partial charge is 0.322 e. The van der Waals surface area contributed by atoms with Crippen molar-refractivity contribution in [2.45, 2.75) is 80.6 Å². The quantitative estimate of drug-likeness (QED) is 0.271. The molecular formula is C30H42FNO4. The Hall–Kier alpha value is -3.15. The van der Waals surface area contributed by atoms with Crippen molar-refractivity contribution >= 4 is 29.4 Å². The number of hydrogen-bond acceptors (Lipinski definition) is 4. The summed E-state index contributed by atoms with van der Waals surface area (Å²) in [4.78, 5) is 44.1. The molecule has 0 fully saturated rings. The maximum absolute atomic E-state index is 13.2. The van der Waals surface area contributed by atoms with Gasteiger partial charge in [0, 0.05) is 35.6 Å². The second-order valence-electron chi connectivity index (χ2n) is 8.92. The van der Waals surface area contributed by atoms with Crippen molar-refractivity contribution in [1.29, 1.82) is 0 Å². The van der Waals surface area contributed by atoms with Crippen LogP contribution >= 0.6 is 0 Å². The Morgan fingerprint density at radius 1 is 1.00 bits per heavy atom. The molecule has 1 atom stereocenters. The smallest absolute Gasteiger partial charge is 0.255 e. The summed E-state index contributed by atoms with van der Waals surface area (Å²) in [6.45, 7) is 13.5. The molecule has 2 aromatic carbocycles. The van der Waals surface area contributed by atoms with E-state index in [2.05, 4.69) is 19.2 Å². The van der Waals surface area contributed by atoms with E-state index in [9.17, 15) is 18.8 Å². The van der Waals surface area contributed by atoms with Crippen LogP contribution in [0, 0.1) is 17.7 Å². The SMILES string of the molecule is CC=O.CCC(=O)CCC(C)C.CCc1cc(NC(=O)c2cccc(F)c2)ccc1C(=O)C(C)CC. The molecule has 0 saturated heterocycles. The van der Waals surface area contributed by atoms with Gasteiger partial charge in [-0.15, -0.1) is 0 Å². The van der Waals surface area contributed by atoms with Crippen LogP contribution < -0.4 is 5.32 Å². The van der Waals surface area contributed by atoms with Gasteiger partial charge in [0.1, 0.15) is 17.9 Å². The Kier molecular flexibility index (Phi) is 16.6. The molecule has 36 heavy (non-hydrogen) atoms. The molecule has 0 saturated carbocycles. The number of ketones is 2. The molecule has 0 heterocycles. The fraction of sp³-hybridized carbons (Fsp3) is 0.467. The fourth-order valence-corrected chi connectivity index (χ4v) is 3.11. The van der Waals surface area contributed by atoms with Crippen molar-refractivity contribution in [2.24, 2.45) is 11.8 Å². The zero-order valence-corrected chi connectivity index (χ0v) is 22.8. The van der Waals surface area contributed by atoms with Crippen molar-refractivity contribution < 1.29 is 23.6 Å². The van der Waals surface area contributed by atoms with Crippen molar-refractivity contribution in [3.63, 3.8) is 0 Å². The van der Waals surface area contributed by atoms with E-state index in [4.69, 9.17) is 4.79 Å². The van der Waals surface area contributed by atoms with Gasteiger partial charge in [0.05, 0.1) is 0 Å². The third-order valence-corrected chi connectivity index (χ3v) is 5.55. The lowest BCUT2D eigenvalue weighted by atomic mass is 9.92. The van der Waals surface area contributed by atoms with E-state index in [1.54, 1.807) is 18.2 Å². The number of benzene rings is 2. The average molecular weight is 500 g/mol. The monoisotopic (exact) mass is 499 g/mol. The minimum atomic E-state index is -0.452. The maximum atomic E-state index is 13.2. The zero-order chi connectivity index (χ0) is 27.7. The van der Waals surface area contributed by atoms with Crippen LogP contribution in [0.5, 0.6) is 0 Å². The van der Waals surface area contributed by atoms with E-state index in [0.717, 1.165) is 31.1 Å². The van der Waals surface area contributed by atoms with Gasteiger partial charge in [-0.3, -0.25) is 14.4 Å². The number of carbonyl (C=O) groups excluding carboxylic acids is 4. The highest BCUT2D eigenvalue weighted by atomic mass is 19.1. The first kappa shape index (κ1) is 32.8. The first-order valence-electron chi connectivity index (χ1n) is 12.7. The minimum Gasteiger partial charge on any atom is -0.322 e. The number of anilines is 1. The molecule has 5 nitrogen and oxygen atoms in total. The van der Waals surface area contributed by atoms with Gasteiger partial charge in [-0.25, -0.2) is 4.39 Å². The Bertz CT molecular complexity index is 985. The molecule has 0 aliphatic heterocycles. The zero-order valence-electron chi connectivity index (χ0n) is 22.8. The van der Waals surface area contributed by atoms with Gasteiger partial charge < -0.3 is 10.1 Å². The Balaban J connectivity index is 0.000000854. The molecule has 198 valence electrons. The highest BCUT2D eigenvalue weighted by molar-refractivity contribution is 6.05. The molecule has 6 heteroatoms. The van der Waals surface area contributed by atoms with E-state index >= 15 is 0 Å². The number of halogens is 1. The molecule has 0 aromatic heterocycles. The van der Waals surface area contributed by atoms with Crippen molar-refractivity contribution in [3.05, 3.63) is 65.0 Å². The fourth-order valence-electron chi connectivity index (χ4n) is 3.11. The summed E-state index contributed by atoms with van der Waals surface area (Å²) in [7, 11) is 0. The first-order chi connectivity index (χ1) is 17.0. The number of aldehydes is 1. The second kappa shape index (κ2) is 18.2. The molecule has 1 unspecified atom stereocenters. The van der Waals surface area contributed by atoms with Crippen LogP contribution in [-0.2, 0) is 16.0 Å². The molecule has 2 aromatic rings. The van der Waals surface area contributed by atoms with E-state index in [-0.39, 0.29) is 23.2 Å². The van der Waals surface area contributed by atoms with Gasteiger partial charge in [-0.05, 0) is 74.1 Å². The molecule has 0 aliphatic carbocycles. The first-order valence-corrected chi connectivity index (χ1v) is 12.7. The molecule has 2 rings (SSSR count). The topological polar surface area (TPSA) is 80.3 Å². The van der Waals surface area contributed by atoms with Crippen LogP contribution in [0.3, 0.4) is 0 Å². The summed E-state index contributed by atoms with van der Waals surface area (Å²) in [5.41, 5.74) is 2.46. The summed E-state index contributed by atoms with van der Waals surface area (Å²) in [5.74, 6) is 0.327. The van der Waals surface area contributed by atoms with Crippen LogP contribution in [0.1, 0.15) is 100 Å². The third kappa shape index (κ3) is 12.5. The number of nitrogens with one attached hydrogen (secondary N) is 1. The Morgan fingerprint density at radius 2 is 1.64 bits per heavy atom. The van der Waals surface area contributed by atoms with E-state index < -0.39 is 5.82 Å². The van der Waals surface area contributed by atoms with Crippen molar-refractivity contribution in [1.82, 2.24) is 0 Å². The number of aryl methyl sites for hydroxylation is 1. The summed E-state index contributed by atoms with van der Waals surface area (Å²) in [6.07, 6.45) is 4.76.